The lowest BCUT2D eigenvalue weighted by Gasteiger charge is -2.25. The molecule has 1 heterocycles. The molecule has 2 nitrogen and oxygen atoms in total. The van der Waals surface area contributed by atoms with Crippen LogP contribution in [0, 0.1) is 11.8 Å². The summed E-state index contributed by atoms with van der Waals surface area (Å²) in [6, 6.07) is 0.649. The minimum atomic E-state index is -0.513. The Hall–Kier alpha value is 0.110. The van der Waals surface area contributed by atoms with E-state index in [1.165, 1.54) is 25.8 Å². The highest BCUT2D eigenvalue weighted by molar-refractivity contribution is 7.85. The van der Waals surface area contributed by atoms with E-state index in [-0.39, 0.29) is 0 Å². The van der Waals surface area contributed by atoms with Crippen molar-refractivity contribution in [3.05, 3.63) is 0 Å². The van der Waals surface area contributed by atoms with Crippen molar-refractivity contribution in [2.45, 2.75) is 45.1 Å². The second kappa shape index (κ2) is 5.44. The van der Waals surface area contributed by atoms with E-state index >= 15 is 0 Å². The van der Waals surface area contributed by atoms with Crippen molar-refractivity contribution < 1.29 is 4.21 Å². The maximum absolute atomic E-state index is 11.2. The van der Waals surface area contributed by atoms with E-state index in [2.05, 4.69) is 12.2 Å². The molecular formula is C12H23NOS. The van der Waals surface area contributed by atoms with Crippen molar-refractivity contribution >= 4 is 10.8 Å². The maximum atomic E-state index is 11.2. The van der Waals surface area contributed by atoms with Gasteiger partial charge in [0.1, 0.15) is 0 Å². The maximum Gasteiger partial charge on any atom is 0.0249 e. The van der Waals surface area contributed by atoms with Crippen LogP contribution in [-0.2, 0) is 10.8 Å². The summed E-state index contributed by atoms with van der Waals surface area (Å²) in [7, 11) is -0.513. The molecular weight excluding hydrogens is 206 g/mol. The quantitative estimate of drug-likeness (QED) is 0.801. The summed E-state index contributed by atoms with van der Waals surface area (Å²) in [4.78, 5) is 0. The van der Waals surface area contributed by atoms with Crippen LogP contribution in [0.2, 0.25) is 0 Å². The third-order valence-corrected chi connectivity index (χ3v) is 5.48. The minimum Gasteiger partial charge on any atom is -0.314 e. The third kappa shape index (κ3) is 3.28. The first-order valence-corrected chi connectivity index (χ1v) is 7.83. The Kier molecular flexibility index (Phi) is 4.21. The van der Waals surface area contributed by atoms with Crippen LogP contribution in [0.15, 0.2) is 0 Å². The fourth-order valence-corrected chi connectivity index (χ4v) is 4.14. The third-order valence-electron chi connectivity index (χ3n) is 4.10. The molecule has 2 fully saturated rings. The van der Waals surface area contributed by atoms with Crippen molar-refractivity contribution in [2.75, 3.05) is 18.1 Å². The van der Waals surface area contributed by atoms with Crippen LogP contribution in [0.1, 0.15) is 39.0 Å². The standard InChI is InChI=1S/C12H23NOS/c1-10-3-2-4-11(10)9-13-12-5-7-15(14)8-6-12/h10-13H,2-9H2,1H3. The normalized spacial score (nSPS) is 41.9. The van der Waals surface area contributed by atoms with E-state index in [4.69, 9.17) is 0 Å². The van der Waals surface area contributed by atoms with Gasteiger partial charge in [-0.25, -0.2) is 0 Å². The Morgan fingerprint density at radius 3 is 2.53 bits per heavy atom. The van der Waals surface area contributed by atoms with Crippen LogP contribution in [0.25, 0.3) is 0 Å². The fraction of sp³-hybridized carbons (Fsp3) is 1.00. The van der Waals surface area contributed by atoms with E-state index in [1.54, 1.807) is 0 Å². The molecule has 0 aromatic heterocycles. The lowest BCUT2D eigenvalue weighted by Crippen LogP contribution is -2.38. The molecule has 0 amide bonds. The van der Waals surface area contributed by atoms with Crippen molar-refractivity contribution in [1.29, 1.82) is 0 Å². The van der Waals surface area contributed by atoms with Gasteiger partial charge in [-0.3, -0.25) is 4.21 Å². The molecule has 2 aliphatic rings. The predicted octanol–water partition coefficient (Wildman–Crippen LogP) is 1.92. The zero-order valence-corrected chi connectivity index (χ0v) is 10.5. The summed E-state index contributed by atoms with van der Waals surface area (Å²) in [5.41, 5.74) is 0. The second-order valence-corrected chi connectivity index (χ2v) is 6.90. The predicted molar refractivity (Wildman–Crippen MR) is 65.4 cm³/mol. The van der Waals surface area contributed by atoms with Crippen molar-refractivity contribution in [3.8, 4) is 0 Å². The van der Waals surface area contributed by atoms with Crippen LogP contribution in [0.3, 0.4) is 0 Å². The molecule has 2 unspecified atom stereocenters. The topological polar surface area (TPSA) is 29.1 Å². The molecule has 3 heteroatoms. The zero-order valence-electron chi connectivity index (χ0n) is 9.71. The Balaban J connectivity index is 1.67. The highest BCUT2D eigenvalue weighted by Gasteiger charge is 2.24. The van der Waals surface area contributed by atoms with Crippen LogP contribution in [0.4, 0.5) is 0 Å². The van der Waals surface area contributed by atoms with Gasteiger partial charge in [-0.2, -0.15) is 0 Å². The van der Waals surface area contributed by atoms with Gasteiger partial charge in [0, 0.05) is 28.3 Å². The van der Waals surface area contributed by atoms with Crippen LogP contribution in [-0.4, -0.2) is 28.3 Å². The molecule has 1 saturated carbocycles. The summed E-state index contributed by atoms with van der Waals surface area (Å²) in [6.45, 7) is 3.58. The molecule has 2 rings (SSSR count). The van der Waals surface area contributed by atoms with E-state index in [1.807, 2.05) is 0 Å². The van der Waals surface area contributed by atoms with Gasteiger partial charge in [0.25, 0.3) is 0 Å². The molecule has 2 atom stereocenters. The lowest BCUT2D eigenvalue weighted by atomic mass is 9.97. The van der Waals surface area contributed by atoms with Crippen LogP contribution >= 0.6 is 0 Å². The molecule has 1 aliphatic heterocycles. The van der Waals surface area contributed by atoms with E-state index in [9.17, 15) is 4.21 Å². The lowest BCUT2D eigenvalue weighted by molar-refractivity contribution is 0.357. The van der Waals surface area contributed by atoms with Gasteiger partial charge < -0.3 is 5.32 Å². The van der Waals surface area contributed by atoms with Gasteiger partial charge in [-0.05, 0) is 37.6 Å². The second-order valence-electron chi connectivity index (χ2n) is 5.20. The zero-order chi connectivity index (χ0) is 10.7. The molecule has 88 valence electrons. The molecule has 1 saturated heterocycles. The summed E-state index contributed by atoms with van der Waals surface area (Å²) < 4.78 is 11.2. The molecule has 0 aromatic carbocycles. The van der Waals surface area contributed by atoms with Crippen LogP contribution < -0.4 is 5.32 Å². The molecule has 0 aromatic rings. The van der Waals surface area contributed by atoms with E-state index in [0.717, 1.165) is 36.2 Å². The summed E-state index contributed by atoms with van der Waals surface area (Å²) in [5.74, 6) is 3.64. The average molecular weight is 229 g/mol. The summed E-state index contributed by atoms with van der Waals surface area (Å²) in [5, 5.41) is 3.68. The molecule has 15 heavy (non-hydrogen) atoms. The molecule has 0 bridgehead atoms. The Morgan fingerprint density at radius 1 is 1.20 bits per heavy atom. The van der Waals surface area contributed by atoms with Crippen molar-refractivity contribution in [3.63, 3.8) is 0 Å². The first-order valence-electron chi connectivity index (χ1n) is 6.34. The Morgan fingerprint density at radius 2 is 1.93 bits per heavy atom. The molecule has 0 radical (unpaired) electrons. The van der Waals surface area contributed by atoms with Crippen LogP contribution in [0.5, 0.6) is 0 Å². The van der Waals surface area contributed by atoms with E-state index in [0.29, 0.717) is 6.04 Å². The van der Waals surface area contributed by atoms with Gasteiger partial charge >= 0.3 is 0 Å². The first kappa shape index (κ1) is 11.6. The van der Waals surface area contributed by atoms with E-state index < -0.39 is 10.8 Å². The average Bonchev–Trinajstić information content (AvgIpc) is 2.63. The Labute approximate surface area is 95.7 Å². The Bertz CT molecular complexity index is 222. The van der Waals surface area contributed by atoms with Gasteiger partial charge in [0.2, 0.25) is 0 Å². The van der Waals surface area contributed by atoms with Gasteiger partial charge in [-0.15, -0.1) is 0 Å². The van der Waals surface area contributed by atoms with Gasteiger partial charge in [0.15, 0.2) is 0 Å². The van der Waals surface area contributed by atoms with Gasteiger partial charge in [-0.1, -0.05) is 19.8 Å². The summed E-state index contributed by atoms with van der Waals surface area (Å²) >= 11 is 0. The minimum absolute atomic E-state index is 0.513. The van der Waals surface area contributed by atoms with Crippen molar-refractivity contribution in [1.82, 2.24) is 5.32 Å². The fourth-order valence-electron chi connectivity index (χ4n) is 2.84. The number of hydrogen-bond donors (Lipinski definition) is 1. The highest BCUT2D eigenvalue weighted by Crippen LogP contribution is 2.30. The highest BCUT2D eigenvalue weighted by atomic mass is 32.2. The van der Waals surface area contributed by atoms with Crippen molar-refractivity contribution in [2.24, 2.45) is 11.8 Å². The number of rotatable bonds is 3. The first-order chi connectivity index (χ1) is 7.25. The van der Waals surface area contributed by atoms with Gasteiger partial charge in [0.05, 0.1) is 0 Å². The number of hydrogen-bond acceptors (Lipinski definition) is 2. The smallest absolute Gasteiger partial charge is 0.0249 e. The molecule has 0 spiro atoms. The SMILES string of the molecule is CC1CCCC1CNC1CCS(=O)CC1. The molecule has 1 aliphatic carbocycles. The largest absolute Gasteiger partial charge is 0.314 e. The number of nitrogens with one attached hydrogen (secondary N) is 1. The molecule has 1 N–H and O–H groups in total. The monoisotopic (exact) mass is 229 g/mol. The summed E-state index contributed by atoms with van der Waals surface area (Å²) in [6.07, 6.45) is 6.48.